The molecule has 0 radical (unpaired) electrons. The van der Waals surface area contributed by atoms with Gasteiger partial charge in [0.1, 0.15) is 6.61 Å². The number of carbonyl (C=O) groups excluding carboxylic acids is 1. The molecule has 0 spiro atoms. The summed E-state index contributed by atoms with van der Waals surface area (Å²) in [4.78, 5) is 15.6. The van der Waals surface area contributed by atoms with Gasteiger partial charge in [-0.25, -0.2) is 13.2 Å². The van der Waals surface area contributed by atoms with Crippen LogP contribution in [-0.4, -0.2) is 37.5 Å². The van der Waals surface area contributed by atoms with Crippen molar-refractivity contribution in [3.05, 3.63) is 23.5 Å². The average Bonchev–Trinajstić information content (AvgIpc) is 2.32. The quantitative estimate of drug-likeness (QED) is 0.786. The zero-order valence-corrected chi connectivity index (χ0v) is 11.2. The number of aromatic nitrogens is 1. The lowest BCUT2D eigenvalue weighted by Crippen LogP contribution is -2.17. The Bertz CT molecular complexity index is 540. The summed E-state index contributed by atoms with van der Waals surface area (Å²) >= 11 is 0. The van der Waals surface area contributed by atoms with Crippen molar-refractivity contribution in [3.8, 4) is 0 Å². The molecule has 7 heteroatoms. The van der Waals surface area contributed by atoms with Crippen LogP contribution >= 0.6 is 0 Å². The minimum atomic E-state index is -3.13. The number of sulfone groups is 1. The van der Waals surface area contributed by atoms with Gasteiger partial charge in [-0.1, -0.05) is 6.92 Å². The second-order valence-corrected chi connectivity index (χ2v) is 6.25. The van der Waals surface area contributed by atoms with E-state index >= 15 is 0 Å². The number of nitrogens with zero attached hydrogens (tertiary/aromatic N) is 1. The van der Waals surface area contributed by atoms with E-state index in [2.05, 4.69) is 4.98 Å². The van der Waals surface area contributed by atoms with Crippen LogP contribution in [0.1, 0.15) is 23.0 Å². The molecule has 2 N–H and O–H groups in total. The molecule has 0 fully saturated rings. The fourth-order valence-corrected chi connectivity index (χ4v) is 1.87. The summed E-state index contributed by atoms with van der Waals surface area (Å²) < 4.78 is 27.3. The normalized spacial score (nSPS) is 11.2. The molecule has 0 unspecified atom stereocenters. The van der Waals surface area contributed by atoms with Crippen LogP contribution in [-0.2, 0) is 14.6 Å². The van der Waals surface area contributed by atoms with Crippen molar-refractivity contribution >= 4 is 21.5 Å². The van der Waals surface area contributed by atoms with Gasteiger partial charge in [-0.3, -0.25) is 4.98 Å². The first-order valence-corrected chi connectivity index (χ1v) is 7.27. The van der Waals surface area contributed by atoms with Crippen LogP contribution in [0.3, 0.4) is 0 Å². The molecule has 1 aromatic heterocycles. The number of nitrogens with two attached hydrogens (primary N) is 1. The van der Waals surface area contributed by atoms with Gasteiger partial charge in [-0.2, -0.15) is 0 Å². The fourth-order valence-electron chi connectivity index (χ4n) is 1.24. The predicted octanol–water partition coefficient (Wildman–Crippen LogP) is 0.564. The SMILES string of the molecule is CCS(=O)(=O)CCOC(=O)c1cc(N)cnc1C. The number of hydrogen-bond donors (Lipinski definition) is 1. The topological polar surface area (TPSA) is 99.4 Å². The Labute approximate surface area is 106 Å². The Hall–Kier alpha value is -1.63. The minimum absolute atomic E-state index is 0.0312. The van der Waals surface area contributed by atoms with E-state index in [1.165, 1.54) is 12.3 Å². The first kappa shape index (κ1) is 14.4. The number of rotatable bonds is 5. The summed E-state index contributed by atoms with van der Waals surface area (Å²) in [6.45, 7) is 3.03. The molecule has 6 nitrogen and oxygen atoms in total. The second kappa shape index (κ2) is 5.81. The van der Waals surface area contributed by atoms with Crippen molar-refractivity contribution in [3.63, 3.8) is 0 Å². The van der Waals surface area contributed by atoms with E-state index in [1.807, 2.05) is 0 Å². The largest absolute Gasteiger partial charge is 0.461 e. The molecule has 0 saturated heterocycles. The summed E-state index contributed by atoms with van der Waals surface area (Å²) in [7, 11) is -3.13. The number of hydrogen-bond acceptors (Lipinski definition) is 6. The Morgan fingerprint density at radius 1 is 1.50 bits per heavy atom. The minimum Gasteiger partial charge on any atom is -0.461 e. The zero-order chi connectivity index (χ0) is 13.8. The number of anilines is 1. The van der Waals surface area contributed by atoms with E-state index in [-0.39, 0.29) is 23.7 Å². The summed E-state index contributed by atoms with van der Waals surface area (Å²) in [6.07, 6.45) is 1.44. The third kappa shape index (κ3) is 3.99. The van der Waals surface area contributed by atoms with Gasteiger partial charge in [0.2, 0.25) is 0 Å². The highest BCUT2D eigenvalue weighted by Gasteiger charge is 2.14. The molecular formula is C11H16N2O4S. The van der Waals surface area contributed by atoms with Crippen LogP contribution in [0.5, 0.6) is 0 Å². The van der Waals surface area contributed by atoms with Gasteiger partial charge in [0, 0.05) is 5.75 Å². The summed E-state index contributed by atoms with van der Waals surface area (Å²) in [5.41, 5.74) is 6.62. The molecule has 1 rings (SSSR count). The molecule has 100 valence electrons. The highest BCUT2D eigenvalue weighted by Crippen LogP contribution is 2.10. The van der Waals surface area contributed by atoms with Crippen LogP contribution < -0.4 is 5.73 Å². The van der Waals surface area contributed by atoms with Crippen LogP contribution in [0.2, 0.25) is 0 Å². The van der Waals surface area contributed by atoms with E-state index in [4.69, 9.17) is 10.5 Å². The van der Waals surface area contributed by atoms with E-state index in [0.717, 1.165) is 0 Å². The molecule has 0 aromatic carbocycles. The number of esters is 1. The molecule has 0 atom stereocenters. The highest BCUT2D eigenvalue weighted by molar-refractivity contribution is 7.91. The predicted molar refractivity (Wildman–Crippen MR) is 68.0 cm³/mol. The van der Waals surface area contributed by atoms with Gasteiger partial charge >= 0.3 is 5.97 Å². The maximum Gasteiger partial charge on any atom is 0.340 e. The van der Waals surface area contributed by atoms with Crippen molar-refractivity contribution in [1.29, 1.82) is 0 Å². The van der Waals surface area contributed by atoms with Crippen molar-refractivity contribution in [1.82, 2.24) is 4.98 Å². The Morgan fingerprint density at radius 3 is 2.78 bits per heavy atom. The van der Waals surface area contributed by atoms with Crippen LogP contribution in [0.25, 0.3) is 0 Å². The summed E-state index contributed by atoms with van der Waals surface area (Å²) in [5, 5.41) is 0. The van der Waals surface area contributed by atoms with Gasteiger partial charge in [-0.15, -0.1) is 0 Å². The fraction of sp³-hybridized carbons (Fsp3) is 0.455. The molecule has 0 bridgehead atoms. The molecule has 1 aromatic rings. The highest BCUT2D eigenvalue weighted by atomic mass is 32.2. The molecular weight excluding hydrogens is 256 g/mol. The third-order valence-electron chi connectivity index (χ3n) is 2.40. The van der Waals surface area contributed by atoms with Crippen molar-refractivity contribution < 1.29 is 17.9 Å². The maximum atomic E-state index is 11.7. The summed E-state index contributed by atoms with van der Waals surface area (Å²) in [5.74, 6) is -0.758. The average molecular weight is 272 g/mol. The Kier molecular flexibility index (Phi) is 4.66. The number of ether oxygens (including phenoxy) is 1. The molecule has 1 heterocycles. The smallest absolute Gasteiger partial charge is 0.340 e. The lowest BCUT2D eigenvalue weighted by atomic mass is 10.2. The lowest BCUT2D eigenvalue weighted by Gasteiger charge is -2.07. The first-order chi connectivity index (χ1) is 8.35. The number of aryl methyl sites for hydroxylation is 1. The molecule has 0 amide bonds. The maximum absolute atomic E-state index is 11.7. The van der Waals surface area contributed by atoms with Crippen molar-refractivity contribution in [2.45, 2.75) is 13.8 Å². The second-order valence-electron chi connectivity index (χ2n) is 3.77. The standard InChI is InChI=1S/C11H16N2O4S/c1-3-18(15,16)5-4-17-11(14)10-6-9(12)7-13-8(10)2/h6-7H,3-5,12H2,1-2H3. The van der Waals surface area contributed by atoms with Crippen LogP contribution in [0, 0.1) is 6.92 Å². The van der Waals surface area contributed by atoms with Crippen LogP contribution in [0.4, 0.5) is 5.69 Å². The number of carbonyl (C=O) groups is 1. The van der Waals surface area contributed by atoms with Gasteiger partial charge in [0.15, 0.2) is 9.84 Å². The summed E-state index contributed by atoms with van der Waals surface area (Å²) in [6, 6.07) is 1.46. The molecule has 18 heavy (non-hydrogen) atoms. The Balaban J connectivity index is 2.64. The lowest BCUT2D eigenvalue weighted by molar-refractivity contribution is 0.0528. The van der Waals surface area contributed by atoms with E-state index in [1.54, 1.807) is 13.8 Å². The van der Waals surface area contributed by atoms with Crippen molar-refractivity contribution in [2.24, 2.45) is 0 Å². The monoisotopic (exact) mass is 272 g/mol. The molecule has 0 aliphatic rings. The first-order valence-electron chi connectivity index (χ1n) is 5.45. The van der Waals surface area contributed by atoms with Gasteiger partial charge in [-0.05, 0) is 13.0 Å². The van der Waals surface area contributed by atoms with E-state index in [0.29, 0.717) is 11.4 Å². The van der Waals surface area contributed by atoms with Crippen LogP contribution in [0.15, 0.2) is 12.3 Å². The van der Waals surface area contributed by atoms with E-state index in [9.17, 15) is 13.2 Å². The van der Waals surface area contributed by atoms with Gasteiger partial charge in [0.05, 0.1) is 28.9 Å². The number of pyridine rings is 1. The third-order valence-corrected chi connectivity index (χ3v) is 4.06. The molecule has 0 aliphatic heterocycles. The van der Waals surface area contributed by atoms with Gasteiger partial charge < -0.3 is 10.5 Å². The molecule has 0 saturated carbocycles. The van der Waals surface area contributed by atoms with Crippen molar-refractivity contribution in [2.75, 3.05) is 23.8 Å². The Morgan fingerprint density at radius 2 is 2.17 bits per heavy atom. The van der Waals surface area contributed by atoms with E-state index < -0.39 is 15.8 Å². The van der Waals surface area contributed by atoms with Gasteiger partial charge in [0.25, 0.3) is 0 Å². The number of nitrogen functional groups attached to an aromatic ring is 1. The zero-order valence-electron chi connectivity index (χ0n) is 10.3. The molecule has 0 aliphatic carbocycles.